The summed E-state index contributed by atoms with van der Waals surface area (Å²) in [5.74, 6) is 1.42. The van der Waals surface area contributed by atoms with Gasteiger partial charge in [-0.05, 0) is 0 Å². The number of rotatable bonds is 0. The molecule has 0 aromatic carbocycles. The van der Waals surface area contributed by atoms with Gasteiger partial charge in [0.25, 0.3) is 0 Å². The van der Waals surface area contributed by atoms with Crippen molar-refractivity contribution < 1.29 is 527 Å². The molecule has 0 aromatic rings. The van der Waals surface area contributed by atoms with Crippen LogP contribution in [0.1, 0.15) is 20.8 Å². The van der Waals surface area contributed by atoms with Gasteiger partial charge in [-0.1, -0.05) is 0 Å². The van der Waals surface area contributed by atoms with Crippen LogP contribution in [0, 0.1) is 5.92 Å². The van der Waals surface area contributed by atoms with Gasteiger partial charge in [-0.2, -0.15) is 20.8 Å². The minimum absolute atomic E-state index is 0. The van der Waals surface area contributed by atoms with Crippen LogP contribution in [0.3, 0.4) is 0 Å². The van der Waals surface area contributed by atoms with Crippen LogP contribution in [-0.4, -0.2) is 0 Å². The van der Waals surface area contributed by atoms with Crippen molar-refractivity contribution in [2.24, 2.45) is 0 Å². The van der Waals surface area contributed by atoms with Gasteiger partial charge in [0, 0.05) is 527 Å². The van der Waals surface area contributed by atoms with Crippen molar-refractivity contribution in [3.05, 3.63) is 5.92 Å². The molecule has 0 aliphatic rings. The molecule has 0 bridgehead atoms. The third-order valence-electron chi connectivity index (χ3n) is 0. The second-order valence-corrected chi connectivity index (χ2v) is 1.50. The molecular weight excluding hydrogens is 4640 g/mol. The Balaban J connectivity index is -0.000000000150. The maximum absolute atomic E-state index is 2.08. The van der Waals surface area contributed by atoms with Gasteiger partial charge in [0.15, 0.2) is 0 Å². The summed E-state index contributed by atoms with van der Waals surface area (Å²) in [5.41, 5.74) is 0. The van der Waals surface area contributed by atoms with E-state index in [1.807, 2.05) is 0 Å². The zero-order valence-corrected chi connectivity index (χ0v) is 87.0. The summed E-state index contributed by atoms with van der Waals surface area (Å²) in [4.78, 5) is 0. The largest absolute Gasteiger partial charge is 0.323 e. The van der Waals surface area contributed by atoms with Gasteiger partial charge in [0.1, 0.15) is 0 Å². The molecule has 0 aliphatic heterocycles. The minimum Gasteiger partial charge on any atom is -0.323 e. The van der Waals surface area contributed by atoms with Crippen molar-refractivity contribution in [1.29, 1.82) is 0 Å². The molecule has 0 aliphatic carbocycles. The Labute approximate surface area is 538 Å². The Morgan fingerprint density at radius 2 is 0.172 bits per heavy atom. The van der Waals surface area contributed by atoms with E-state index in [1.165, 1.54) is 5.92 Å². The first-order valence-electron chi connectivity index (χ1n) is 1.50. The van der Waals surface area contributed by atoms with E-state index in [2.05, 4.69) is 20.8 Å². The van der Waals surface area contributed by atoms with E-state index in [1.54, 1.807) is 0 Å². The van der Waals surface area contributed by atoms with E-state index < -0.39 is 0 Å². The molecule has 0 N–H and O–H groups in total. The van der Waals surface area contributed by atoms with Gasteiger partial charge < -0.3 is 5.92 Å². The van der Waals surface area contributed by atoms with Crippen LogP contribution in [-0.2, 0) is 527 Å². The molecule has 0 heterocycles. The molecule has 176 valence electrons. The van der Waals surface area contributed by atoms with Crippen molar-refractivity contribution in [2.45, 2.75) is 20.8 Å². The zero-order valence-electron chi connectivity index (χ0n) is 13.7. The van der Waals surface area contributed by atoms with Crippen LogP contribution in [0.5, 0.6) is 0 Å². The minimum atomic E-state index is 0. The molecule has 25 heteroatoms. The van der Waals surface area contributed by atoms with Crippen molar-refractivity contribution in [3.8, 4) is 0 Å². The molecule has 0 amide bonds. The Bertz CT molecular complexity index is 21.5. The van der Waals surface area contributed by atoms with Crippen molar-refractivity contribution in [2.75, 3.05) is 0 Å². The number of hydrogen-bond donors (Lipinski definition) is 0. The molecule has 0 saturated carbocycles. The first kappa shape index (κ1) is 231. The first-order valence-corrected chi connectivity index (χ1v) is 1.50. The average molecular weight is 4650 g/mol. The van der Waals surface area contributed by atoms with Gasteiger partial charge in [-0.25, -0.2) is 0 Å². The van der Waals surface area contributed by atoms with Crippen LogP contribution in [0.15, 0.2) is 0 Å². The van der Waals surface area contributed by atoms with E-state index in [-0.39, 0.29) is 527 Å². The molecule has 0 saturated heterocycles. The summed E-state index contributed by atoms with van der Waals surface area (Å²) in [6, 6.07) is 0. The summed E-state index contributed by atoms with van der Waals surface area (Å²) < 4.78 is 0. The standard InChI is InChI=1S/C4H9.25W/c1-4(2)3;;;;;;;;;;;;;;;;;;;;;;;;;/h1-3H3;;;;;;;;;;;;;;;;;;;;;;;;;/q-1;;;;;;;;;;;;;;;;;;;;;;;;;. The van der Waals surface area contributed by atoms with Crippen LogP contribution in [0.4, 0.5) is 0 Å². The third kappa shape index (κ3) is 285. The first-order chi connectivity index (χ1) is 1.73. The normalized spacial score (nSPS) is 1.24. The van der Waals surface area contributed by atoms with Crippen LogP contribution in [0.2, 0.25) is 0 Å². The maximum Gasteiger partial charge on any atom is 0 e. The molecule has 0 spiro atoms. The van der Waals surface area contributed by atoms with Gasteiger partial charge >= 0.3 is 0 Å². The van der Waals surface area contributed by atoms with Crippen LogP contribution < -0.4 is 0 Å². The van der Waals surface area contributed by atoms with E-state index in [4.69, 9.17) is 0 Å². The summed E-state index contributed by atoms with van der Waals surface area (Å²) in [7, 11) is 0. The SMILES string of the molecule is C[C-](C)C.[W].[W].[W].[W].[W].[W].[W].[W].[W].[W].[W].[W].[W].[W].[W].[W].[W].[W].[W].[W].[W].[W].[W].[W].[W]. The van der Waals surface area contributed by atoms with Gasteiger partial charge in [0.05, 0.1) is 0 Å². The van der Waals surface area contributed by atoms with Crippen molar-refractivity contribution in [3.63, 3.8) is 0 Å². The van der Waals surface area contributed by atoms with Crippen LogP contribution >= 0.6 is 0 Å². The zero-order chi connectivity index (χ0) is 3.58. The number of hydrogen-bond acceptors (Lipinski definition) is 0. The van der Waals surface area contributed by atoms with Gasteiger partial charge in [0.2, 0.25) is 0 Å². The predicted molar refractivity (Wildman–Crippen MR) is 20.3 cm³/mol. The van der Waals surface area contributed by atoms with E-state index in [0.717, 1.165) is 0 Å². The Morgan fingerprint density at radius 3 is 0.172 bits per heavy atom. The molecule has 0 aromatic heterocycles. The molecule has 0 radical (unpaired) electrons. The maximum atomic E-state index is 2.08. The van der Waals surface area contributed by atoms with Gasteiger partial charge in [-0.3, -0.25) is 0 Å². The molecule has 0 atom stereocenters. The molecular formula is C4H9W25-. The molecule has 0 fully saturated rings. The molecule has 0 unspecified atom stereocenters. The second-order valence-electron chi connectivity index (χ2n) is 1.50. The van der Waals surface area contributed by atoms with Crippen molar-refractivity contribution in [1.82, 2.24) is 0 Å². The fourth-order valence-electron chi connectivity index (χ4n) is 0. The third-order valence-corrected chi connectivity index (χ3v) is 0. The van der Waals surface area contributed by atoms with E-state index in [0.29, 0.717) is 0 Å². The summed E-state index contributed by atoms with van der Waals surface area (Å²) >= 11 is 0. The van der Waals surface area contributed by atoms with Crippen molar-refractivity contribution >= 4 is 0 Å². The Hall–Kier alpha value is 17.2. The molecule has 0 rings (SSSR count). The predicted octanol–water partition coefficient (Wildman–Crippen LogP) is 1.56. The second kappa shape index (κ2) is 216. The van der Waals surface area contributed by atoms with Gasteiger partial charge in [-0.15, -0.1) is 0 Å². The quantitative estimate of drug-likeness (QED) is 0.324. The summed E-state index contributed by atoms with van der Waals surface area (Å²) in [6.07, 6.45) is 0. The van der Waals surface area contributed by atoms with E-state index >= 15 is 0 Å². The average Bonchev–Trinajstić information content (AvgIpc) is 0.811. The Morgan fingerprint density at radius 1 is 0.172 bits per heavy atom. The summed E-state index contributed by atoms with van der Waals surface area (Å²) in [6.45, 7) is 6.25. The molecule has 0 nitrogen and oxygen atoms in total. The topological polar surface area (TPSA) is 0 Å². The Kier molecular flexibility index (Phi) is 1730. The van der Waals surface area contributed by atoms with Crippen LogP contribution in [0.25, 0.3) is 0 Å². The fraction of sp³-hybridized carbons (Fsp3) is 0.750. The summed E-state index contributed by atoms with van der Waals surface area (Å²) in [5, 5.41) is 0. The fourth-order valence-corrected chi connectivity index (χ4v) is 0. The smallest absolute Gasteiger partial charge is 0 e. The molecule has 29 heavy (non-hydrogen) atoms. The van der Waals surface area contributed by atoms with E-state index in [9.17, 15) is 0 Å². The monoisotopic (exact) mass is 4660 g/mol.